The van der Waals surface area contributed by atoms with Crippen molar-refractivity contribution in [3.8, 4) is 23.2 Å². The zero-order valence-electron chi connectivity index (χ0n) is 14.0. The molecule has 0 fully saturated rings. The van der Waals surface area contributed by atoms with Crippen molar-refractivity contribution in [2.45, 2.75) is 19.4 Å². The molecule has 2 heterocycles. The van der Waals surface area contributed by atoms with Gasteiger partial charge in [-0.05, 0) is 25.1 Å². The maximum atomic E-state index is 11.0. The maximum absolute atomic E-state index is 11.0. The van der Waals surface area contributed by atoms with E-state index in [2.05, 4.69) is 32.0 Å². The molecular formula is C18H14N4O4. The lowest BCUT2D eigenvalue weighted by Gasteiger charge is -2.09. The van der Waals surface area contributed by atoms with Gasteiger partial charge in [0, 0.05) is 24.2 Å². The van der Waals surface area contributed by atoms with E-state index in [1.165, 1.54) is 19.2 Å². The molecule has 0 saturated carbocycles. The third kappa shape index (κ3) is 3.74. The van der Waals surface area contributed by atoms with Crippen molar-refractivity contribution in [2.75, 3.05) is 0 Å². The Morgan fingerprint density at radius 1 is 1.27 bits per heavy atom. The molecule has 1 atom stereocenters. The molecule has 130 valence electrons. The Hall–Kier alpha value is -3.57. The van der Waals surface area contributed by atoms with Crippen LogP contribution >= 0.6 is 0 Å². The van der Waals surface area contributed by atoms with Gasteiger partial charge in [0.05, 0.1) is 0 Å². The van der Waals surface area contributed by atoms with Crippen LogP contribution in [0.25, 0.3) is 11.4 Å². The van der Waals surface area contributed by atoms with E-state index in [1.807, 2.05) is 0 Å². The Morgan fingerprint density at radius 2 is 2.08 bits per heavy atom. The SMILES string of the molecule is Cc1nnc(C(C)(O)C#Cc2cccc(-c3nccc(C(=O)O)n3)c2)o1. The number of carboxylic acid groups (broad SMARTS) is 1. The van der Waals surface area contributed by atoms with Crippen LogP contribution in [0.15, 0.2) is 40.9 Å². The number of hydrogen-bond donors (Lipinski definition) is 2. The molecule has 0 amide bonds. The Kier molecular flexibility index (Phi) is 4.47. The van der Waals surface area contributed by atoms with Crippen LogP contribution in [0, 0.1) is 18.8 Å². The summed E-state index contributed by atoms with van der Waals surface area (Å²) in [5.74, 6) is 5.01. The van der Waals surface area contributed by atoms with Crippen LogP contribution in [-0.2, 0) is 5.60 Å². The molecule has 0 spiro atoms. The molecule has 0 aliphatic carbocycles. The van der Waals surface area contributed by atoms with Gasteiger partial charge in [-0.25, -0.2) is 14.8 Å². The fraction of sp³-hybridized carbons (Fsp3) is 0.167. The van der Waals surface area contributed by atoms with Crippen molar-refractivity contribution in [2.24, 2.45) is 0 Å². The Balaban J connectivity index is 1.91. The van der Waals surface area contributed by atoms with Crippen LogP contribution in [0.5, 0.6) is 0 Å². The maximum Gasteiger partial charge on any atom is 0.354 e. The predicted molar refractivity (Wildman–Crippen MR) is 89.9 cm³/mol. The monoisotopic (exact) mass is 350 g/mol. The Bertz CT molecular complexity index is 1030. The van der Waals surface area contributed by atoms with E-state index in [1.54, 1.807) is 31.2 Å². The third-order valence-corrected chi connectivity index (χ3v) is 3.39. The topological polar surface area (TPSA) is 122 Å². The molecule has 2 aromatic heterocycles. The van der Waals surface area contributed by atoms with Crippen molar-refractivity contribution in [1.29, 1.82) is 0 Å². The van der Waals surface area contributed by atoms with Gasteiger partial charge >= 0.3 is 5.97 Å². The number of nitrogens with zero attached hydrogens (tertiary/aromatic N) is 4. The van der Waals surface area contributed by atoms with Gasteiger partial charge in [-0.2, -0.15) is 0 Å². The van der Waals surface area contributed by atoms with Crippen LogP contribution in [-0.4, -0.2) is 36.3 Å². The largest absolute Gasteiger partial charge is 0.477 e. The first-order valence-electron chi connectivity index (χ1n) is 7.58. The highest BCUT2D eigenvalue weighted by Crippen LogP contribution is 2.19. The number of aryl methyl sites for hydroxylation is 1. The molecule has 0 aliphatic heterocycles. The van der Waals surface area contributed by atoms with E-state index >= 15 is 0 Å². The van der Waals surface area contributed by atoms with E-state index in [9.17, 15) is 9.90 Å². The van der Waals surface area contributed by atoms with Crippen LogP contribution in [0.2, 0.25) is 0 Å². The summed E-state index contributed by atoms with van der Waals surface area (Å²) in [6.45, 7) is 3.07. The quantitative estimate of drug-likeness (QED) is 0.686. The molecule has 0 saturated heterocycles. The second-order valence-corrected chi connectivity index (χ2v) is 5.60. The van der Waals surface area contributed by atoms with E-state index < -0.39 is 11.6 Å². The first-order valence-corrected chi connectivity index (χ1v) is 7.58. The van der Waals surface area contributed by atoms with Crippen LogP contribution < -0.4 is 0 Å². The van der Waals surface area contributed by atoms with Crippen molar-refractivity contribution < 1.29 is 19.4 Å². The number of carboxylic acids is 1. The zero-order chi connectivity index (χ0) is 18.7. The minimum atomic E-state index is -1.60. The summed E-state index contributed by atoms with van der Waals surface area (Å²) >= 11 is 0. The smallest absolute Gasteiger partial charge is 0.354 e. The molecule has 3 rings (SSSR count). The average molecular weight is 350 g/mol. The van der Waals surface area contributed by atoms with E-state index in [0.29, 0.717) is 17.0 Å². The van der Waals surface area contributed by atoms with Crippen molar-refractivity contribution in [1.82, 2.24) is 20.2 Å². The second-order valence-electron chi connectivity index (χ2n) is 5.60. The lowest BCUT2D eigenvalue weighted by atomic mass is 10.1. The van der Waals surface area contributed by atoms with Gasteiger partial charge in [0.15, 0.2) is 11.5 Å². The minimum Gasteiger partial charge on any atom is -0.477 e. The summed E-state index contributed by atoms with van der Waals surface area (Å²) in [6.07, 6.45) is 1.38. The van der Waals surface area contributed by atoms with Crippen molar-refractivity contribution >= 4 is 5.97 Å². The first kappa shape index (κ1) is 17.3. The number of benzene rings is 1. The first-order chi connectivity index (χ1) is 12.3. The number of aliphatic hydroxyl groups is 1. The van der Waals surface area contributed by atoms with Gasteiger partial charge in [0.2, 0.25) is 11.5 Å². The van der Waals surface area contributed by atoms with Crippen LogP contribution in [0.1, 0.15) is 34.8 Å². The fourth-order valence-electron chi connectivity index (χ4n) is 2.09. The number of rotatable bonds is 3. The Morgan fingerprint density at radius 3 is 2.77 bits per heavy atom. The zero-order valence-corrected chi connectivity index (χ0v) is 14.0. The summed E-state index contributed by atoms with van der Waals surface area (Å²) < 4.78 is 5.22. The van der Waals surface area contributed by atoms with E-state index in [-0.39, 0.29) is 17.4 Å². The normalized spacial score (nSPS) is 12.7. The van der Waals surface area contributed by atoms with Gasteiger partial charge in [-0.15, -0.1) is 10.2 Å². The molecule has 1 aromatic carbocycles. The van der Waals surface area contributed by atoms with Crippen LogP contribution in [0.4, 0.5) is 0 Å². The van der Waals surface area contributed by atoms with Gasteiger partial charge < -0.3 is 14.6 Å². The fourth-order valence-corrected chi connectivity index (χ4v) is 2.09. The number of hydrogen-bond acceptors (Lipinski definition) is 7. The number of aromatic carboxylic acids is 1. The second kappa shape index (κ2) is 6.74. The molecule has 8 nitrogen and oxygen atoms in total. The molecule has 0 radical (unpaired) electrons. The lowest BCUT2D eigenvalue weighted by molar-refractivity contribution is 0.0690. The van der Waals surface area contributed by atoms with Crippen LogP contribution in [0.3, 0.4) is 0 Å². The molecular weight excluding hydrogens is 336 g/mol. The van der Waals surface area contributed by atoms with Gasteiger partial charge in [-0.3, -0.25) is 0 Å². The minimum absolute atomic E-state index is 0.0103. The predicted octanol–water partition coefficient (Wildman–Crippen LogP) is 1.79. The number of aromatic nitrogens is 4. The summed E-state index contributed by atoms with van der Waals surface area (Å²) in [5.41, 5.74) is -0.505. The molecule has 3 aromatic rings. The highest BCUT2D eigenvalue weighted by Gasteiger charge is 2.27. The standard InChI is InChI=1S/C18H14N4O4/c1-11-21-22-17(26-11)18(2,25)8-6-12-4-3-5-13(10-12)15-19-9-7-14(20-15)16(23)24/h3-5,7,9-10,25H,1-2H3,(H,23,24). The average Bonchev–Trinajstić information content (AvgIpc) is 3.08. The van der Waals surface area contributed by atoms with Crippen molar-refractivity contribution in [3.63, 3.8) is 0 Å². The summed E-state index contributed by atoms with van der Waals surface area (Å²) in [6, 6.07) is 8.24. The molecule has 2 N–H and O–H groups in total. The van der Waals surface area contributed by atoms with Crippen molar-refractivity contribution in [3.05, 3.63) is 59.6 Å². The molecule has 0 bridgehead atoms. The third-order valence-electron chi connectivity index (χ3n) is 3.39. The summed E-state index contributed by atoms with van der Waals surface area (Å²) in [5, 5.41) is 26.9. The van der Waals surface area contributed by atoms with Gasteiger partial charge in [0.1, 0.15) is 0 Å². The summed E-state index contributed by atoms with van der Waals surface area (Å²) in [7, 11) is 0. The molecule has 8 heteroatoms. The lowest BCUT2D eigenvalue weighted by Crippen LogP contribution is -2.19. The van der Waals surface area contributed by atoms with E-state index in [0.717, 1.165) is 0 Å². The molecule has 26 heavy (non-hydrogen) atoms. The molecule has 1 unspecified atom stereocenters. The van der Waals surface area contributed by atoms with Gasteiger partial charge in [-0.1, -0.05) is 24.0 Å². The highest BCUT2D eigenvalue weighted by molar-refractivity contribution is 5.85. The highest BCUT2D eigenvalue weighted by atomic mass is 16.4. The number of carbonyl (C=O) groups is 1. The summed E-state index contributed by atoms with van der Waals surface area (Å²) in [4.78, 5) is 19.1. The Labute approximate surface area is 148 Å². The van der Waals surface area contributed by atoms with E-state index in [4.69, 9.17) is 9.52 Å². The molecule has 0 aliphatic rings. The van der Waals surface area contributed by atoms with Gasteiger partial charge in [0.25, 0.3) is 5.89 Å².